The Labute approximate surface area is 152 Å². The highest BCUT2D eigenvalue weighted by Crippen LogP contribution is 2.37. The molecule has 0 bridgehead atoms. The summed E-state index contributed by atoms with van der Waals surface area (Å²) in [6.45, 7) is 13.2. The van der Waals surface area contributed by atoms with Crippen molar-refractivity contribution in [2.75, 3.05) is 20.1 Å². The first-order chi connectivity index (χ1) is 11.5. The molecule has 4 nitrogen and oxygen atoms in total. The van der Waals surface area contributed by atoms with E-state index in [1.165, 1.54) is 0 Å². The molecule has 2 rings (SSSR count). The second-order valence-electron chi connectivity index (χ2n) is 8.50. The minimum Gasteiger partial charge on any atom is -0.478 e. The second kappa shape index (κ2) is 7.44. The van der Waals surface area contributed by atoms with Crippen LogP contribution in [0.3, 0.4) is 0 Å². The Hall–Kier alpha value is -1.43. The molecule has 0 unspecified atom stereocenters. The lowest BCUT2D eigenvalue weighted by atomic mass is 9.93. The molecule has 0 atom stereocenters. The lowest BCUT2D eigenvalue weighted by molar-refractivity contribution is -0.132. The highest BCUT2D eigenvalue weighted by Gasteiger charge is 2.37. The number of hydrogen-bond acceptors (Lipinski definition) is 3. The largest absolute Gasteiger partial charge is 0.478 e. The summed E-state index contributed by atoms with van der Waals surface area (Å²) in [5.41, 5.74) is 3.63. The van der Waals surface area contributed by atoms with Crippen molar-refractivity contribution >= 4 is 19.9 Å². The molecule has 1 aromatic carbocycles. The van der Waals surface area contributed by atoms with Crippen molar-refractivity contribution in [3.63, 3.8) is 0 Å². The van der Waals surface area contributed by atoms with Gasteiger partial charge in [0.1, 0.15) is 0 Å². The predicted octanol–water partition coefficient (Wildman–Crippen LogP) is 4.38. The van der Waals surface area contributed by atoms with E-state index in [0.717, 1.165) is 29.7 Å². The van der Waals surface area contributed by atoms with Crippen LogP contribution in [0.5, 0.6) is 0 Å². The SMILES string of the molecule is CN1CCC(c2ccc(CO[Si](C)(C)C(C)(C)C)cc2)=C(C(=O)O)C1. The first-order valence-electron chi connectivity index (χ1n) is 8.88. The molecule has 0 fully saturated rings. The van der Waals surface area contributed by atoms with E-state index < -0.39 is 14.3 Å². The average molecular weight is 362 g/mol. The van der Waals surface area contributed by atoms with Crippen molar-refractivity contribution in [3.8, 4) is 0 Å². The molecule has 0 aliphatic carbocycles. The maximum absolute atomic E-state index is 11.6. The highest BCUT2D eigenvalue weighted by molar-refractivity contribution is 6.74. The Morgan fingerprint density at radius 1 is 1.24 bits per heavy atom. The maximum Gasteiger partial charge on any atom is 0.333 e. The third-order valence-corrected chi connectivity index (χ3v) is 9.98. The van der Waals surface area contributed by atoms with E-state index in [0.29, 0.717) is 18.7 Å². The maximum atomic E-state index is 11.6. The lowest BCUT2D eigenvalue weighted by Gasteiger charge is -2.36. The summed E-state index contributed by atoms with van der Waals surface area (Å²) in [5, 5.41) is 9.69. The molecule has 138 valence electrons. The van der Waals surface area contributed by atoms with Gasteiger partial charge in [-0.1, -0.05) is 45.0 Å². The van der Waals surface area contributed by atoms with Crippen molar-refractivity contribution < 1.29 is 14.3 Å². The summed E-state index contributed by atoms with van der Waals surface area (Å²) >= 11 is 0. The number of carbonyl (C=O) groups is 1. The summed E-state index contributed by atoms with van der Waals surface area (Å²) in [6.07, 6.45) is 0.776. The normalized spacial score (nSPS) is 17.0. The molecule has 0 aromatic heterocycles. The molecule has 1 aliphatic heterocycles. The molecule has 1 N–H and O–H groups in total. The van der Waals surface area contributed by atoms with Gasteiger partial charge in [-0.15, -0.1) is 0 Å². The minimum atomic E-state index is -1.76. The van der Waals surface area contributed by atoms with Gasteiger partial charge in [0.05, 0.1) is 12.2 Å². The summed E-state index contributed by atoms with van der Waals surface area (Å²) in [6, 6.07) is 8.20. The quantitative estimate of drug-likeness (QED) is 0.791. The molecule has 0 radical (unpaired) electrons. The fraction of sp³-hybridized carbons (Fsp3) is 0.550. The van der Waals surface area contributed by atoms with Crippen LogP contribution in [0.1, 0.15) is 38.3 Å². The number of carboxylic acid groups (broad SMARTS) is 1. The van der Waals surface area contributed by atoms with E-state index in [-0.39, 0.29) is 5.04 Å². The predicted molar refractivity (Wildman–Crippen MR) is 105 cm³/mol. The van der Waals surface area contributed by atoms with E-state index >= 15 is 0 Å². The molecule has 0 saturated heterocycles. The first kappa shape index (κ1) is 19.9. The molecular formula is C20H31NO3Si. The van der Waals surface area contributed by atoms with Crippen molar-refractivity contribution in [1.29, 1.82) is 0 Å². The topological polar surface area (TPSA) is 49.8 Å². The van der Waals surface area contributed by atoms with Gasteiger partial charge in [0.25, 0.3) is 0 Å². The number of benzene rings is 1. The molecule has 1 aromatic rings. The summed E-state index contributed by atoms with van der Waals surface area (Å²) in [7, 11) is 0.200. The van der Waals surface area contributed by atoms with Crippen molar-refractivity contribution in [1.82, 2.24) is 4.90 Å². The number of nitrogens with zero attached hydrogens (tertiary/aromatic N) is 1. The van der Waals surface area contributed by atoms with Gasteiger partial charge in [0.15, 0.2) is 8.32 Å². The number of carboxylic acids is 1. The Morgan fingerprint density at radius 2 is 1.84 bits per heavy atom. The number of rotatable bonds is 5. The fourth-order valence-corrected chi connectivity index (χ4v) is 3.66. The van der Waals surface area contributed by atoms with Gasteiger partial charge < -0.3 is 14.4 Å². The van der Waals surface area contributed by atoms with Gasteiger partial charge in [0, 0.05) is 13.1 Å². The average Bonchev–Trinajstić information content (AvgIpc) is 2.52. The number of aliphatic carboxylic acids is 1. The van der Waals surface area contributed by atoms with Crippen molar-refractivity contribution in [3.05, 3.63) is 41.0 Å². The molecular weight excluding hydrogens is 330 g/mol. The molecule has 1 aliphatic rings. The standard InChI is InChI=1S/C20H31NO3Si/c1-20(2,3)25(5,6)24-14-15-7-9-16(10-8-15)17-11-12-21(4)13-18(17)19(22)23/h7-10H,11-14H2,1-6H3,(H,22,23). The van der Waals surface area contributed by atoms with Crippen LogP contribution in [0.2, 0.25) is 18.1 Å². The van der Waals surface area contributed by atoms with Gasteiger partial charge in [0.2, 0.25) is 0 Å². The van der Waals surface area contributed by atoms with Crippen LogP contribution in [-0.4, -0.2) is 44.4 Å². The molecule has 0 spiro atoms. The zero-order chi connectivity index (χ0) is 18.8. The van der Waals surface area contributed by atoms with Crippen LogP contribution in [0.15, 0.2) is 29.8 Å². The van der Waals surface area contributed by atoms with Gasteiger partial charge in [-0.05, 0) is 48.3 Å². The summed E-state index contributed by atoms with van der Waals surface area (Å²) in [4.78, 5) is 13.6. The van der Waals surface area contributed by atoms with E-state index in [2.05, 4.69) is 46.0 Å². The third kappa shape index (κ3) is 4.81. The zero-order valence-corrected chi connectivity index (χ0v) is 17.3. The Morgan fingerprint density at radius 3 is 2.36 bits per heavy atom. The van der Waals surface area contributed by atoms with Gasteiger partial charge in [-0.3, -0.25) is 0 Å². The van der Waals surface area contributed by atoms with E-state index in [1.807, 2.05) is 24.1 Å². The Kier molecular flexibility index (Phi) is 5.92. The van der Waals surface area contributed by atoms with Crippen molar-refractivity contribution in [2.45, 2.75) is 51.9 Å². The van der Waals surface area contributed by atoms with Gasteiger partial charge in [-0.2, -0.15) is 0 Å². The number of hydrogen-bond donors (Lipinski definition) is 1. The summed E-state index contributed by atoms with van der Waals surface area (Å²) in [5.74, 6) is -0.813. The van der Waals surface area contributed by atoms with Gasteiger partial charge >= 0.3 is 5.97 Å². The molecule has 25 heavy (non-hydrogen) atoms. The molecule has 5 heteroatoms. The van der Waals surface area contributed by atoms with E-state index in [1.54, 1.807) is 0 Å². The zero-order valence-electron chi connectivity index (χ0n) is 16.3. The molecule has 0 amide bonds. The van der Waals surface area contributed by atoms with Crippen LogP contribution in [0.25, 0.3) is 5.57 Å². The molecule has 1 heterocycles. The fourth-order valence-electron chi connectivity index (χ4n) is 2.70. The van der Waals surface area contributed by atoms with Crippen LogP contribution in [0, 0.1) is 0 Å². The Balaban J connectivity index is 2.14. The first-order valence-corrected chi connectivity index (χ1v) is 11.8. The molecule has 0 saturated carbocycles. The van der Waals surface area contributed by atoms with E-state index in [4.69, 9.17) is 4.43 Å². The Bertz CT molecular complexity index is 657. The second-order valence-corrected chi connectivity index (χ2v) is 13.3. The van der Waals surface area contributed by atoms with E-state index in [9.17, 15) is 9.90 Å². The van der Waals surface area contributed by atoms with Crippen LogP contribution < -0.4 is 0 Å². The summed E-state index contributed by atoms with van der Waals surface area (Å²) < 4.78 is 6.26. The van der Waals surface area contributed by atoms with Gasteiger partial charge in [-0.25, -0.2) is 4.79 Å². The minimum absolute atomic E-state index is 0.197. The van der Waals surface area contributed by atoms with Crippen LogP contribution in [0.4, 0.5) is 0 Å². The highest BCUT2D eigenvalue weighted by atomic mass is 28.4. The lowest BCUT2D eigenvalue weighted by Crippen LogP contribution is -2.40. The monoisotopic (exact) mass is 361 g/mol. The number of likely N-dealkylation sites (N-methyl/N-ethyl adjacent to an activating group) is 1. The van der Waals surface area contributed by atoms with Crippen LogP contribution >= 0.6 is 0 Å². The van der Waals surface area contributed by atoms with Crippen molar-refractivity contribution in [2.24, 2.45) is 0 Å². The third-order valence-electron chi connectivity index (χ3n) is 5.50. The smallest absolute Gasteiger partial charge is 0.333 e. The van der Waals surface area contributed by atoms with Crippen LogP contribution in [-0.2, 0) is 15.8 Å².